The van der Waals surface area contributed by atoms with Gasteiger partial charge in [-0.15, -0.1) is 0 Å². The molecule has 1 amide bonds. The summed E-state index contributed by atoms with van der Waals surface area (Å²) in [5.41, 5.74) is 0. The maximum Gasteiger partial charge on any atom is 0.223 e. The van der Waals surface area contributed by atoms with Crippen LogP contribution in [0.15, 0.2) is 0 Å². The molecule has 0 aromatic heterocycles. The lowest BCUT2D eigenvalue weighted by Crippen LogP contribution is -2.41. The van der Waals surface area contributed by atoms with Crippen LogP contribution in [-0.4, -0.2) is 32.0 Å². The van der Waals surface area contributed by atoms with E-state index in [-0.39, 0.29) is 23.7 Å². The van der Waals surface area contributed by atoms with Crippen molar-refractivity contribution >= 4 is 11.7 Å². The van der Waals surface area contributed by atoms with E-state index >= 15 is 0 Å². The topological polar surface area (TPSA) is 55.4 Å². The van der Waals surface area contributed by atoms with Gasteiger partial charge in [0, 0.05) is 20.1 Å². The average molecular weight is 320 g/mol. The van der Waals surface area contributed by atoms with Crippen LogP contribution in [0.1, 0.15) is 75.2 Å². The zero-order chi connectivity index (χ0) is 18.7. The first-order chi connectivity index (χ1) is 10.3. The summed E-state index contributed by atoms with van der Waals surface area (Å²) in [6.07, 6.45) is 2.00. The molecule has 0 rings (SSSR count). The molecule has 0 aliphatic carbocycles. The highest BCUT2D eigenvalue weighted by Gasteiger charge is 2.22. The van der Waals surface area contributed by atoms with Crippen molar-refractivity contribution in [2.24, 2.45) is 11.8 Å². The predicted octanol–water partition coefficient (Wildman–Crippen LogP) is 4.47. The molecule has 2 unspecified atom stereocenters. The van der Waals surface area contributed by atoms with Gasteiger partial charge in [0.05, 0.1) is 6.04 Å². The summed E-state index contributed by atoms with van der Waals surface area (Å²) in [5, 5.41) is 2.74. The first kappa shape index (κ1) is 29.2. The number of carbonyl (C=O) groups is 2. The maximum atomic E-state index is 11.8. The second-order valence-corrected chi connectivity index (χ2v) is 4.61. The molecule has 4 nitrogen and oxygen atoms in total. The third kappa shape index (κ3) is 17.2. The SMILES string of the molecule is CC.CC.CCC(CC)C(C)C(=O)NC(C)C(C)=O.COC. The molecule has 0 aliphatic heterocycles. The zero-order valence-corrected chi connectivity index (χ0v) is 16.9. The van der Waals surface area contributed by atoms with Crippen molar-refractivity contribution in [2.75, 3.05) is 14.2 Å². The first-order valence-corrected chi connectivity index (χ1v) is 8.56. The molecule has 4 heteroatoms. The predicted molar refractivity (Wildman–Crippen MR) is 97.2 cm³/mol. The number of methoxy groups -OCH3 is 1. The number of hydrogen-bond acceptors (Lipinski definition) is 3. The molecule has 0 aromatic carbocycles. The van der Waals surface area contributed by atoms with E-state index in [4.69, 9.17) is 0 Å². The molecule has 0 saturated carbocycles. The largest absolute Gasteiger partial charge is 0.388 e. The van der Waals surface area contributed by atoms with Gasteiger partial charge in [0.2, 0.25) is 5.91 Å². The van der Waals surface area contributed by atoms with Crippen molar-refractivity contribution in [1.29, 1.82) is 0 Å². The Bertz CT molecular complexity index is 238. The Labute approximate surface area is 139 Å². The van der Waals surface area contributed by atoms with Crippen LogP contribution in [0.25, 0.3) is 0 Å². The molecule has 0 aliphatic rings. The second kappa shape index (κ2) is 22.4. The van der Waals surface area contributed by atoms with Crippen molar-refractivity contribution in [3.05, 3.63) is 0 Å². The van der Waals surface area contributed by atoms with E-state index in [0.717, 1.165) is 12.8 Å². The smallest absolute Gasteiger partial charge is 0.223 e. The molecule has 0 radical (unpaired) electrons. The summed E-state index contributed by atoms with van der Waals surface area (Å²) in [6, 6.07) is -0.366. The molecular weight excluding hydrogens is 278 g/mol. The van der Waals surface area contributed by atoms with Crippen LogP contribution in [0.4, 0.5) is 0 Å². The number of rotatable bonds is 6. The number of carbonyl (C=O) groups excluding carboxylic acids is 2. The van der Waals surface area contributed by atoms with Crippen LogP contribution in [0.3, 0.4) is 0 Å². The molecule has 136 valence electrons. The van der Waals surface area contributed by atoms with Gasteiger partial charge in [-0.2, -0.15) is 0 Å². The summed E-state index contributed by atoms with van der Waals surface area (Å²) >= 11 is 0. The number of amides is 1. The van der Waals surface area contributed by atoms with Gasteiger partial charge in [-0.05, 0) is 19.8 Å². The fourth-order valence-corrected chi connectivity index (χ4v) is 1.66. The Morgan fingerprint density at radius 1 is 0.955 bits per heavy atom. The maximum absolute atomic E-state index is 11.8. The van der Waals surface area contributed by atoms with Crippen molar-refractivity contribution < 1.29 is 14.3 Å². The Hall–Kier alpha value is -0.900. The van der Waals surface area contributed by atoms with Gasteiger partial charge in [-0.1, -0.05) is 61.3 Å². The lowest BCUT2D eigenvalue weighted by atomic mass is 9.88. The summed E-state index contributed by atoms with van der Waals surface area (Å²) in [6.45, 7) is 17.3. The molecule has 0 heterocycles. The van der Waals surface area contributed by atoms with Gasteiger partial charge in [-0.3, -0.25) is 9.59 Å². The van der Waals surface area contributed by atoms with E-state index in [1.807, 2.05) is 34.6 Å². The highest BCUT2D eigenvalue weighted by Crippen LogP contribution is 2.19. The van der Waals surface area contributed by atoms with Crippen molar-refractivity contribution in [3.63, 3.8) is 0 Å². The van der Waals surface area contributed by atoms with E-state index in [2.05, 4.69) is 23.9 Å². The summed E-state index contributed by atoms with van der Waals surface area (Å²) in [4.78, 5) is 22.7. The normalized spacial score (nSPS) is 11.5. The van der Waals surface area contributed by atoms with Crippen molar-refractivity contribution in [3.8, 4) is 0 Å². The number of nitrogens with one attached hydrogen (secondary N) is 1. The Morgan fingerprint density at radius 2 is 1.27 bits per heavy atom. The highest BCUT2D eigenvalue weighted by molar-refractivity contribution is 5.87. The molecule has 2 atom stereocenters. The standard InChI is InChI=1S/C12H23NO2.C2H6O.2C2H6/c1-6-11(7-2)8(3)12(15)13-9(4)10(5)14;1-3-2;2*1-2/h8-9,11H,6-7H2,1-5H3,(H,13,15);1-2H3;2*1-2H3. The van der Waals surface area contributed by atoms with Crippen LogP contribution in [0.2, 0.25) is 0 Å². The lowest BCUT2D eigenvalue weighted by Gasteiger charge is -2.22. The van der Waals surface area contributed by atoms with E-state index in [1.54, 1.807) is 21.1 Å². The quantitative estimate of drug-likeness (QED) is 0.786. The number of hydrogen-bond donors (Lipinski definition) is 1. The number of ketones is 1. The second-order valence-electron chi connectivity index (χ2n) is 4.61. The molecular formula is C18H41NO3. The van der Waals surface area contributed by atoms with Crippen LogP contribution < -0.4 is 5.32 Å². The molecule has 0 bridgehead atoms. The van der Waals surface area contributed by atoms with Crippen LogP contribution in [0.5, 0.6) is 0 Å². The summed E-state index contributed by atoms with van der Waals surface area (Å²) < 4.78 is 4.25. The molecule has 0 aromatic rings. The summed E-state index contributed by atoms with van der Waals surface area (Å²) in [7, 11) is 3.25. The number of ether oxygens (including phenoxy) is 1. The molecule has 0 fully saturated rings. The fourth-order valence-electron chi connectivity index (χ4n) is 1.66. The first-order valence-electron chi connectivity index (χ1n) is 8.56. The van der Waals surface area contributed by atoms with Gasteiger partial charge < -0.3 is 10.1 Å². The van der Waals surface area contributed by atoms with Gasteiger partial charge in [0.25, 0.3) is 0 Å². The van der Waals surface area contributed by atoms with E-state index < -0.39 is 0 Å². The zero-order valence-electron chi connectivity index (χ0n) is 16.9. The number of Topliss-reactive ketones (excluding diaryl/α,β-unsaturated/α-hetero) is 1. The van der Waals surface area contributed by atoms with Crippen molar-refractivity contribution in [1.82, 2.24) is 5.32 Å². The highest BCUT2D eigenvalue weighted by atomic mass is 16.4. The van der Waals surface area contributed by atoms with Crippen LogP contribution in [-0.2, 0) is 14.3 Å². The van der Waals surface area contributed by atoms with E-state index in [1.165, 1.54) is 6.92 Å². The minimum atomic E-state index is -0.366. The van der Waals surface area contributed by atoms with Crippen molar-refractivity contribution in [2.45, 2.75) is 81.2 Å². The van der Waals surface area contributed by atoms with Crippen LogP contribution >= 0.6 is 0 Å². The Kier molecular flexibility index (Phi) is 29.7. The van der Waals surface area contributed by atoms with Gasteiger partial charge in [0.1, 0.15) is 0 Å². The van der Waals surface area contributed by atoms with Gasteiger partial charge in [0.15, 0.2) is 5.78 Å². The monoisotopic (exact) mass is 319 g/mol. The van der Waals surface area contributed by atoms with Crippen LogP contribution in [0, 0.1) is 11.8 Å². The average Bonchev–Trinajstić information content (AvgIpc) is 2.52. The molecule has 1 N–H and O–H groups in total. The van der Waals surface area contributed by atoms with Gasteiger partial charge >= 0.3 is 0 Å². The van der Waals surface area contributed by atoms with Gasteiger partial charge in [-0.25, -0.2) is 0 Å². The fraction of sp³-hybridized carbons (Fsp3) is 0.889. The third-order valence-electron chi connectivity index (χ3n) is 3.14. The molecule has 0 spiro atoms. The van der Waals surface area contributed by atoms with E-state index in [9.17, 15) is 9.59 Å². The minimum absolute atomic E-state index is 0.0000898. The third-order valence-corrected chi connectivity index (χ3v) is 3.14. The lowest BCUT2D eigenvalue weighted by molar-refractivity contribution is -0.130. The van der Waals surface area contributed by atoms with E-state index in [0.29, 0.717) is 5.92 Å². The molecule has 22 heavy (non-hydrogen) atoms. The minimum Gasteiger partial charge on any atom is -0.388 e. The molecule has 0 saturated heterocycles. The Morgan fingerprint density at radius 3 is 1.50 bits per heavy atom. The Balaban J connectivity index is -0.000000198. The summed E-state index contributed by atoms with van der Waals surface area (Å²) in [5.74, 6) is 0.387.